The van der Waals surface area contributed by atoms with Gasteiger partial charge in [-0.3, -0.25) is 4.18 Å². The molecule has 3 rings (SSSR count). The van der Waals surface area contributed by atoms with Crippen LogP contribution in [0.1, 0.15) is 19.4 Å². The monoisotopic (exact) mass is 498 g/mol. The molecule has 0 aliphatic carbocycles. The Hall–Kier alpha value is -2.18. The molecule has 0 aromatic heterocycles. The first-order chi connectivity index (χ1) is 15.5. The molecule has 0 amide bonds. The van der Waals surface area contributed by atoms with Crippen LogP contribution in [0.25, 0.3) is 0 Å². The highest BCUT2D eigenvalue weighted by atomic mass is 32.2. The third kappa shape index (κ3) is 6.90. The third-order valence-corrected chi connectivity index (χ3v) is 7.45. The number of fused-ring (bicyclic) bond motifs is 1. The second-order valence-corrected chi connectivity index (χ2v) is 12.0. The summed E-state index contributed by atoms with van der Waals surface area (Å²) < 4.78 is 68.1. The Morgan fingerprint density at radius 3 is 2.30 bits per heavy atom. The quantitative estimate of drug-likeness (QED) is 0.466. The Balaban J connectivity index is 1.91. The normalized spacial score (nSPS) is 15.7. The summed E-state index contributed by atoms with van der Waals surface area (Å²) in [6, 6.07) is 12.9. The summed E-state index contributed by atoms with van der Waals surface area (Å²) in [6.45, 7) is 3.69. The molecule has 1 aliphatic heterocycles. The molecule has 2 aromatic rings. The summed E-state index contributed by atoms with van der Waals surface area (Å²) in [5, 5.41) is 0. The fourth-order valence-corrected chi connectivity index (χ4v) is 5.83. The predicted molar refractivity (Wildman–Crippen MR) is 124 cm³/mol. The molecule has 33 heavy (non-hydrogen) atoms. The van der Waals surface area contributed by atoms with E-state index in [4.69, 9.17) is 19.4 Å². The van der Waals surface area contributed by atoms with E-state index in [0.717, 1.165) is 11.8 Å². The molecule has 0 saturated carbocycles. The van der Waals surface area contributed by atoms with Gasteiger partial charge in [0.15, 0.2) is 11.5 Å². The molecule has 182 valence electrons. The largest absolute Gasteiger partial charge is 0.454 e. The Kier molecular flexibility index (Phi) is 8.01. The maximum atomic E-state index is 13.5. The highest BCUT2D eigenvalue weighted by molar-refractivity contribution is 7.89. The smallest absolute Gasteiger partial charge is 0.264 e. The standard InChI is InChI=1S/C22H30N2O7S2/c1-16(2)13-24(33(27,28)18-9-10-20-21(12-18)30-15-29-20)14-22(31-32(3,25)26)19(23)11-17-7-5-4-6-8-17/h4-10,12,16,19,22H,11,13-15,23H2,1-3H3/t19-,22+/m0/s1. The number of nitrogens with two attached hydrogens (primary N) is 1. The molecular weight excluding hydrogens is 468 g/mol. The van der Waals surface area contributed by atoms with Gasteiger partial charge in [-0.15, -0.1) is 0 Å². The van der Waals surface area contributed by atoms with Gasteiger partial charge in [-0.1, -0.05) is 44.2 Å². The minimum Gasteiger partial charge on any atom is -0.454 e. The molecule has 11 heteroatoms. The van der Waals surface area contributed by atoms with Gasteiger partial charge in [0.05, 0.1) is 11.2 Å². The van der Waals surface area contributed by atoms with Crippen molar-refractivity contribution in [3.63, 3.8) is 0 Å². The molecule has 0 fully saturated rings. The van der Waals surface area contributed by atoms with Gasteiger partial charge < -0.3 is 15.2 Å². The molecule has 1 aliphatic rings. The number of hydrogen-bond donors (Lipinski definition) is 1. The molecule has 9 nitrogen and oxygen atoms in total. The minimum absolute atomic E-state index is 0.0159. The van der Waals surface area contributed by atoms with Gasteiger partial charge in [0, 0.05) is 25.2 Å². The van der Waals surface area contributed by atoms with Gasteiger partial charge >= 0.3 is 0 Å². The summed E-state index contributed by atoms with van der Waals surface area (Å²) in [5.41, 5.74) is 7.23. The van der Waals surface area contributed by atoms with Gasteiger partial charge in [-0.2, -0.15) is 12.7 Å². The number of benzene rings is 2. The molecule has 2 atom stereocenters. The zero-order valence-corrected chi connectivity index (χ0v) is 20.5. The van der Waals surface area contributed by atoms with E-state index in [1.54, 1.807) is 0 Å². The fourth-order valence-electron chi connectivity index (χ4n) is 3.54. The van der Waals surface area contributed by atoms with Crippen molar-refractivity contribution in [2.24, 2.45) is 11.7 Å². The van der Waals surface area contributed by atoms with Crippen LogP contribution in [0.5, 0.6) is 11.5 Å². The van der Waals surface area contributed by atoms with Crippen molar-refractivity contribution in [1.29, 1.82) is 0 Å². The van der Waals surface area contributed by atoms with Crippen molar-refractivity contribution in [3.8, 4) is 11.5 Å². The second-order valence-electron chi connectivity index (χ2n) is 8.42. The van der Waals surface area contributed by atoms with Gasteiger partial charge in [0.25, 0.3) is 10.1 Å². The highest BCUT2D eigenvalue weighted by Gasteiger charge is 2.33. The van der Waals surface area contributed by atoms with Crippen LogP contribution >= 0.6 is 0 Å². The van der Waals surface area contributed by atoms with Crippen LogP contribution in [0.4, 0.5) is 0 Å². The second kappa shape index (κ2) is 10.4. The van der Waals surface area contributed by atoms with Crippen molar-refractivity contribution in [2.45, 2.75) is 37.3 Å². The highest BCUT2D eigenvalue weighted by Crippen LogP contribution is 2.35. The summed E-state index contributed by atoms with van der Waals surface area (Å²) in [7, 11) is -7.90. The Bertz CT molecular complexity index is 1150. The van der Waals surface area contributed by atoms with E-state index in [-0.39, 0.29) is 30.7 Å². The number of ether oxygens (including phenoxy) is 2. The average molecular weight is 499 g/mol. The molecule has 2 aromatic carbocycles. The van der Waals surface area contributed by atoms with E-state index in [0.29, 0.717) is 17.9 Å². The molecule has 2 N–H and O–H groups in total. The van der Waals surface area contributed by atoms with Crippen LogP contribution in [0, 0.1) is 5.92 Å². The van der Waals surface area contributed by atoms with E-state index < -0.39 is 32.3 Å². The fraction of sp³-hybridized carbons (Fsp3) is 0.455. The van der Waals surface area contributed by atoms with E-state index in [1.165, 1.54) is 22.5 Å². The average Bonchev–Trinajstić information content (AvgIpc) is 3.20. The maximum absolute atomic E-state index is 13.5. The maximum Gasteiger partial charge on any atom is 0.264 e. The van der Waals surface area contributed by atoms with E-state index in [9.17, 15) is 16.8 Å². The Morgan fingerprint density at radius 2 is 1.67 bits per heavy atom. The van der Waals surface area contributed by atoms with E-state index >= 15 is 0 Å². The SMILES string of the molecule is CC(C)CN(C[C@@H](OS(C)(=O)=O)[C@@H](N)Cc1ccccc1)S(=O)(=O)c1ccc2c(c1)OCO2. The first-order valence-electron chi connectivity index (χ1n) is 10.5. The van der Waals surface area contributed by atoms with Crippen LogP contribution in [0.2, 0.25) is 0 Å². The molecular formula is C22H30N2O7S2. The number of rotatable bonds is 11. The van der Waals surface area contributed by atoms with Gasteiger partial charge in [-0.05, 0) is 30.0 Å². The van der Waals surface area contributed by atoms with Crippen molar-refractivity contribution >= 4 is 20.1 Å². The van der Waals surface area contributed by atoms with Crippen LogP contribution < -0.4 is 15.2 Å². The number of sulfonamides is 1. The van der Waals surface area contributed by atoms with Crippen LogP contribution in [0.3, 0.4) is 0 Å². The number of hydrogen-bond acceptors (Lipinski definition) is 8. The molecule has 0 radical (unpaired) electrons. The Morgan fingerprint density at radius 1 is 1.00 bits per heavy atom. The van der Waals surface area contributed by atoms with Gasteiger partial charge in [0.2, 0.25) is 16.8 Å². The van der Waals surface area contributed by atoms with Gasteiger partial charge in [-0.25, -0.2) is 8.42 Å². The molecule has 1 heterocycles. The van der Waals surface area contributed by atoms with Crippen LogP contribution in [-0.4, -0.2) is 59.4 Å². The van der Waals surface area contributed by atoms with E-state index in [2.05, 4.69) is 0 Å². The topological polar surface area (TPSA) is 125 Å². The van der Waals surface area contributed by atoms with Crippen molar-refractivity contribution in [1.82, 2.24) is 4.31 Å². The summed E-state index contributed by atoms with van der Waals surface area (Å²) >= 11 is 0. The van der Waals surface area contributed by atoms with Crippen LogP contribution in [0.15, 0.2) is 53.4 Å². The lowest BCUT2D eigenvalue weighted by Crippen LogP contribution is -2.49. The number of nitrogens with zero attached hydrogens (tertiary/aromatic N) is 1. The van der Waals surface area contributed by atoms with Gasteiger partial charge in [0.1, 0.15) is 6.10 Å². The molecule has 0 spiro atoms. The third-order valence-electron chi connectivity index (χ3n) is 5.02. The van der Waals surface area contributed by atoms with Crippen molar-refractivity contribution in [3.05, 3.63) is 54.1 Å². The van der Waals surface area contributed by atoms with Crippen molar-refractivity contribution < 1.29 is 30.5 Å². The lowest BCUT2D eigenvalue weighted by molar-refractivity contribution is 0.146. The lowest BCUT2D eigenvalue weighted by Gasteiger charge is -2.30. The molecule has 0 saturated heterocycles. The summed E-state index contributed by atoms with van der Waals surface area (Å²) in [6.07, 6.45) is 0.164. The van der Waals surface area contributed by atoms with Crippen molar-refractivity contribution in [2.75, 3.05) is 26.1 Å². The molecule has 0 unspecified atom stereocenters. The first kappa shape index (κ1) is 25.4. The summed E-state index contributed by atoms with van der Waals surface area (Å²) in [4.78, 5) is 0.0159. The summed E-state index contributed by atoms with van der Waals surface area (Å²) in [5.74, 6) is 0.774. The first-order valence-corrected chi connectivity index (χ1v) is 13.8. The zero-order valence-electron chi connectivity index (χ0n) is 18.9. The Labute approximate surface area is 195 Å². The zero-order chi connectivity index (χ0) is 24.2. The van der Waals surface area contributed by atoms with E-state index in [1.807, 2.05) is 44.2 Å². The van der Waals surface area contributed by atoms with Crippen LogP contribution in [-0.2, 0) is 30.7 Å². The minimum atomic E-state index is -4.01. The predicted octanol–water partition coefficient (Wildman–Crippen LogP) is 1.98. The molecule has 0 bridgehead atoms. The lowest BCUT2D eigenvalue weighted by atomic mass is 10.0.